The summed E-state index contributed by atoms with van der Waals surface area (Å²) in [6.07, 6.45) is 6.90. The summed E-state index contributed by atoms with van der Waals surface area (Å²) in [4.78, 5) is 6.82. The predicted molar refractivity (Wildman–Crippen MR) is 128 cm³/mol. The van der Waals surface area contributed by atoms with Crippen LogP contribution in [0, 0.1) is 5.92 Å². The first kappa shape index (κ1) is 24.7. The van der Waals surface area contributed by atoms with Gasteiger partial charge in [0.2, 0.25) is 0 Å². The molecule has 3 heterocycles. The Morgan fingerprint density at radius 2 is 1.70 bits per heavy atom. The molecule has 2 fully saturated rings. The Balaban J connectivity index is 1.54. The van der Waals surface area contributed by atoms with Crippen LogP contribution in [-0.4, -0.2) is 54.5 Å². The number of hydroxylamine groups is 2. The Labute approximate surface area is 199 Å². The first-order valence-corrected chi connectivity index (χ1v) is 12.5. The normalized spacial score (nSPS) is 34.7. The molecule has 2 saturated heterocycles. The molecule has 1 spiro atoms. The number of ether oxygens (including phenoxy) is 4. The van der Waals surface area contributed by atoms with Gasteiger partial charge < -0.3 is 18.9 Å². The van der Waals surface area contributed by atoms with Crippen molar-refractivity contribution >= 4 is 0 Å². The van der Waals surface area contributed by atoms with Gasteiger partial charge in [-0.1, -0.05) is 45.1 Å². The molecular weight excluding hydrogens is 418 g/mol. The van der Waals surface area contributed by atoms with Gasteiger partial charge in [-0.2, -0.15) is 5.06 Å². The minimum Gasteiger partial charge on any atom is -0.491 e. The number of hydrogen-bond donors (Lipinski definition) is 0. The van der Waals surface area contributed by atoms with Crippen molar-refractivity contribution < 1.29 is 23.8 Å². The SMILES string of the molecule is CCC1(C)CC2(OCC=CCO2)C(C)C(C)(CC)N1OC(C)c1ccc(OCC2CO2)cc1. The zero-order valence-electron chi connectivity index (χ0n) is 21.1. The van der Waals surface area contributed by atoms with Crippen molar-refractivity contribution in [1.82, 2.24) is 5.06 Å². The monoisotopic (exact) mass is 459 g/mol. The van der Waals surface area contributed by atoms with Crippen LogP contribution in [0.15, 0.2) is 36.4 Å². The third kappa shape index (κ3) is 4.87. The van der Waals surface area contributed by atoms with Crippen LogP contribution in [-0.2, 0) is 19.0 Å². The standard InChI is InChI=1S/C27H41NO5/c1-7-25(5)19-27(31-15-9-10-16-32-27)21(4)26(6,8-2)28(25)33-20(3)22-11-13-23(14-12-22)29-17-24-18-30-24/h9-14,20-21,24H,7-8,15-19H2,1-6H3. The topological polar surface area (TPSA) is 52.7 Å². The van der Waals surface area contributed by atoms with Crippen molar-refractivity contribution in [3.05, 3.63) is 42.0 Å². The van der Waals surface area contributed by atoms with Gasteiger partial charge in [-0.3, -0.25) is 4.84 Å². The van der Waals surface area contributed by atoms with Crippen LogP contribution in [0.3, 0.4) is 0 Å². The number of hydrogen-bond acceptors (Lipinski definition) is 6. The Morgan fingerprint density at radius 1 is 1.06 bits per heavy atom. The summed E-state index contributed by atoms with van der Waals surface area (Å²) in [5.41, 5.74) is 0.638. The largest absolute Gasteiger partial charge is 0.491 e. The highest BCUT2D eigenvalue weighted by molar-refractivity contribution is 5.28. The highest BCUT2D eigenvalue weighted by Crippen LogP contribution is 2.53. The van der Waals surface area contributed by atoms with Crippen LogP contribution in [0.5, 0.6) is 5.75 Å². The summed E-state index contributed by atoms with van der Waals surface area (Å²) < 4.78 is 23.9. The fourth-order valence-electron chi connectivity index (χ4n) is 5.30. The molecule has 0 radical (unpaired) electrons. The minimum atomic E-state index is -0.619. The van der Waals surface area contributed by atoms with Gasteiger partial charge in [0.15, 0.2) is 5.79 Å². The van der Waals surface area contributed by atoms with Gasteiger partial charge in [-0.15, -0.1) is 0 Å². The Morgan fingerprint density at radius 3 is 2.24 bits per heavy atom. The van der Waals surface area contributed by atoms with E-state index in [0.717, 1.165) is 37.2 Å². The van der Waals surface area contributed by atoms with Gasteiger partial charge in [0, 0.05) is 17.9 Å². The van der Waals surface area contributed by atoms with E-state index in [1.54, 1.807) is 0 Å². The van der Waals surface area contributed by atoms with Crippen molar-refractivity contribution in [1.29, 1.82) is 0 Å². The Hall–Kier alpha value is -1.44. The molecule has 4 rings (SSSR count). The quantitative estimate of drug-likeness (QED) is 0.381. The van der Waals surface area contributed by atoms with Crippen molar-refractivity contribution in [3.8, 4) is 5.75 Å². The number of benzene rings is 1. The van der Waals surface area contributed by atoms with E-state index in [0.29, 0.717) is 19.8 Å². The average molecular weight is 460 g/mol. The lowest BCUT2D eigenvalue weighted by molar-refractivity contribution is -0.392. The first-order valence-electron chi connectivity index (χ1n) is 12.5. The van der Waals surface area contributed by atoms with Gasteiger partial charge in [0.25, 0.3) is 0 Å². The van der Waals surface area contributed by atoms with Crippen molar-refractivity contribution in [2.24, 2.45) is 5.92 Å². The van der Waals surface area contributed by atoms with Crippen LogP contribution in [0.1, 0.15) is 72.5 Å². The number of piperidine rings is 1. The third-order valence-electron chi connectivity index (χ3n) is 8.12. The van der Waals surface area contributed by atoms with Crippen molar-refractivity contribution in [2.45, 2.75) is 89.9 Å². The maximum Gasteiger partial charge on any atom is 0.175 e. The maximum absolute atomic E-state index is 6.82. The average Bonchev–Trinajstić information content (AvgIpc) is 3.67. The van der Waals surface area contributed by atoms with Crippen molar-refractivity contribution in [2.75, 3.05) is 26.4 Å². The van der Waals surface area contributed by atoms with E-state index in [1.807, 2.05) is 12.1 Å². The number of rotatable bonds is 8. The fraction of sp³-hybridized carbons (Fsp3) is 0.704. The lowest BCUT2D eigenvalue weighted by Crippen LogP contribution is -2.72. The van der Waals surface area contributed by atoms with Gasteiger partial charge in [0.05, 0.1) is 25.4 Å². The summed E-state index contributed by atoms with van der Waals surface area (Å²) in [5, 5.41) is 2.28. The molecule has 1 aromatic carbocycles. The lowest BCUT2D eigenvalue weighted by atomic mass is 9.67. The molecule has 0 saturated carbocycles. The summed E-state index contributed by atoms with van der Waals surface area (Å²) in [5.74, 6) is 0.372. The molecule has 0 aliphatic carbocycles. The molecule has 0 aromatic heterocycles. The molecule has 1 aromatic rings. The lowest BCUT2D eigenvalue weighted by Gasteiger charge is -2.63. The van der Waals surface area contributed by atoms with E-state index >= 15 is 0 Å². The highest BCUT2D eigenvalue weighted by Gasteiger charge is 2.62. The molecule has 0 N–H and O–H groups in total. The molecule has 33 heavy (non-hydrogen) atoms. The van der Waals surface area contributed by atoms with Crippen LogP contribution in [0.2, 0.25) is 0 Å². The second kappa shape index (κ2) is 9.67. The van der Waals surface area contributed by atoms with E-state index in [2.05, 4.69) is 70.9 Å². The van der Waals surface area contributed by atoms with Gasteiger partial charge >= 0.3 is 0 Å². The zero-order chi connectivity index (χ0) is 23.7. The van der Waals surface area contributed by atoms with Crippen molar-refractivity contribution in [3.63, 3.8) is 0 Å². The molecule has 184 valence electrons. The van der Waals surface area contributed by atoms with Crippen LogP contribution in [0.4, 0.5) is 0 Å². The maximum atomic E-state index is 6.82. The van der Waals surface area contributed by atoms with E-state index in [4.69, 9.17) is 23.8 Å². The molecule has 5 unspecified atom stereocenters. The summed E-state index contributed by atoms with van der Waals surface area (Å²) >= 11 is 0. The van der Waals surface area contributed by atoms with Gasteiger partial charge in [0.1, 0.15) is 24.6 Å². The molecular formula is C27H41NO5. The van der Waals surface area contributed by atoms with Gasteiger partial charge in [-0.05, 0) is 51.3 Å². The van der Waals surface area contributed by atoms with Crippen LogP contribution in [0.25, 0.3) is 0 Å². The van der Waals surface area contributed by atoms with Crippen LogP contribution < -0.4 is 4.74 Å². The van der Waals surface area contributed by atoms with E-state index < -0.39 is 5.79 Å². The van der Waals surface area contributed by atoms with E-state index in [9.17, 15) is 0 Å². The molecule has 6 nitrogen and oxygen atoms in total. The molecule has 3 aliphatic heterocycles. The predicted octanol–water partition coefficient (Wildman–Crippen LogP) is 5.44. The molecule has 0 amide bonds. The van der Waals surface area contributed by atoms with E-state index in [-0.39, 0.29) is 29.2 Å². The number of nitrogens with zero attached hydrogens (tertiary/aromatic N) is 1. The van der Waals surface area contributed by atoms with Gasteiger partial charge in [-0.25, -0.2) is 0 Å². The molecule has 6 heteroatoms. The molecule has 5 atom stereocenters. The van der Waals surface area contributed by atoms with Crippen LogP contribution >= 0.6 is 0 Å². The summed E-state index contributed by atoms with van der Waals surface area (Å²) in [6.45, 7) is 16.0. The molecule has 0 bridgehead atoms. The summed E-state index contributed by atoms with van der Waals surface area (Å²) in [6, 6.07) is 8.23. The minimum absolute atomic E-state index is 0.0959. The Bertz CT molecular complexity index is 812. The second-order valence-corrected chi connectivity index (χ2v) is 10.2. The first-order chi connectivity index (χ1) is 15.8. The number of epoxide rings is 1. The molecule has 3 aliphatic rings. The second-order valence-electron chi connectivity index (χ2n) is 10.2. The fourth-order valence-corrected chi connectivity index (χ4v) is 5.30. The summed E-state index contributed by atoms with van der Waals surface area (Å²) in [7, 11) is 0. The zero-order valence-corrected chi connectivity index (χ0v) is 21.1. The third-order valence-corrected chi connectivity index (χ3v) is 8.12. The smallest absolute Gasteiger partial charge is 0.175 e. The van der Waals surface area contributed by atoms with E-state index in [1.165, 1.54) is 0 Å². The highest BCUT2D eigenvalue weighted by atomic mass is 16.7. The Kier molecular flexibility index (Phi) is 7.23.